The van der Waals surface area contributed by atoms with Crippen molar-refractivity contribution >= 4 is 28.8 Å². The maximum Gasteiger partial charge on any atom is 0.403 e. The number of ketones is 1. The van der Waals surface area contributed by atoms with E-state index in [0.717, 1.165) is 0 Å². The van der Waals surface area contributed by atoms with E-state index in [1.807, 2.05) is 0 Å². The summed E-state index contributed by atoms with van der Waals surface area (Å²) >= 11 is 4.72. The molecule has 94 valence electrons. The van der Waals surface area contributed by atoms with Crippen molar-refractivity contribution < 1.29 is 24.2 Å². The Morgan fingerprint density at radius 2 is 1.81 bits per heavy atom. The Morgan fingerprint density at radius 1 is 1.38 bits per heavy atom. The minimum Gasteiger partial charge on any atom is -0.480 e. The number of halogens is 1. The summed E-state index contributed by atoms with van der Waals surface area (Å²) in [6.07, 6.45) is 0. The molecule has 16 heavy (non-hydrogen) atoms. The molecular formula is C9H16ClNO5. The molecule has 0 rings (SSSR count). The Balaban J connectivity index is 0. The summed E-state index contributed by atoms with van der Waals surface area (Å²) in [5.74, 6) is -2.02. The number of carboxylic acids is 1. The highest BCUT2D eigenvalue weighted by molar-refractivity contribution is 6.61. The average Bonchev–Trinajstić information content (AvgIpc) is 2.15. The molecule has 0 heterocycles. The van der Waals surface area contributed by atoms with Crippen LogP contribution in [-0.4, -0.2) is 34.9 Å². The van der Waals surface area contributed by atoms with Crippen LogP contribution in [-0.2, 0) is 14.3 Å². The fraction of sp³-hybridized carbons (Fsp3) is 0.667. The largest absolute Gasteiger partial charge is 0.480 e. The number of carbonyl (C=O) groups is 3. The van der Waals surface area contributed by atoms with Crippen molar-refractivity contribution in [3.05, 3.63) is 0 Å². The van der Waals surface area contributed by atoms with Gasteiger partial charge in [-0.25, -0.2) is 4.79 Å². The lowest BCUT2D eigenvalue weighted by atomic mass is 10.0. The molecule has 0 aromatic heterocycles. The fourth-order valence-electron chi connectivity index (χ4n) is 0.594. The lowest BCUT2D eigenvalue weighted by Gasteiger charge is -2.06. The third-order valence-electron chi connectivity index (χ3n) is 1.40. The third kappa shape index (κ3) is 9.42. The van der Waals surface area contributed by atoms with Gasteiger partial charge in [-0.15, -0.1) is 0 Å². The second-order valence-corrected chi connectivity index (χ2v) is 3.35. The predicted octanol–water partition coefficient (Wildman–Crippen LogP) is 1.01. The van der Waals surface area contributed by atoms with Crippen LogP contribution in [0.25, 0.3) is 0 Å². The van der Waals surface area contributed by atoms with E-state index >= 15 is 0 Å². The Bertz CT molecular complexity index is 254. The van der Waals surface area contributed by atoms with Crippen LogP contribution >= 0.6 is 11.6 Å². The Hall–Kier alpha value is -1.14. The van der Waals surface area contributed by atoms with Gasteiger partial charge >= 0.3 is 11.4 Å². The topological polar surface area (TPSA) is 107 Å². The van der Waals surface area contributed by atoms with Crippen molar-refractivity contribution in [2.24, 2.45) is 11.7 Å². The lowest BCUT2D eigenvalue weighted by Crippen LogP contribution is -2.40. The Kier molecular flexibility index (Phi) is 9.83. The predicted molar refractivity (Wildman–Crippen MR) is 58.3 cm³/mol. The average molecular weight is 254 g/mol. The first-order valence-electron chi connectivity index (χ1n) is 4.58. The number of carboxylic acid groups (broad SMARTS) is 1. The summed E-state index contributed by atoms with van der Waals surface area (Å²) < 4.78 is 4.17. The van der Waals surface area contributed by atoms with Gasteiger partial charge in [-0.1, -0.05) is 13.8 Å². The summed E-state index contributed by atoms with van der Waals surface area (Å²) in [7, 11) is 0. The van der Waals surface area contributed by atoms with Gasteiger partial charge in [-0.05, 0) is 6.92 Å². The molecule has 0 aliphatic rings. The van der Waals surface area contributed by atoms with Crippen LogP contribution in [0.1, 0.15) is 20.8 Å². The number of ether oxygens (including phenoxy) is 1. The Morgan fingerprint density at radius 3 is 1.88 bits per heavy atom. The molecule has 0 aromatic carbocycles. The zero-order valence-corrected chi connectivity index (χ0v) is 10.2. The highest BCUT2D eigenvalue weighted by atomic mass is 35.5. The van der Waals surface area contributed by atoms with Gasteiger partial charge < -0.3 is 15.6 Å². The highest BCUT2D eigenvalue weighted by Crippen LogP contribution is 1.97. The van der Waals surface area contributed by atoms with Crippen LogP contribution in [0.15, 0.2) is 0 Å². The second kappa shape index (κ2) is 9.11. The zero-order valence-electron chi connectivity index (χ0n) is 9.40. The summed E-state index contributed by atoms with van der Waals surface area (Å²) in [4.78, 5) is 30.5. The molecule has 0 bridgehead atoms. The molecule has 6 nitrogen and oxygen atoms in total. The number of nitrogens with two attached hydrogens (primary N) is 1. The minimum absolute atomic E-state index is 0.314. The van der Waals surface area contributed by atoms with E-state index in [2.05, 4.69) is 4.74 Å². The number of Topliss-reactive ketones (excluding diaryl/α,β-unsaturated/α-hetero) is 1. The SMILES string of the molecule is CC(C)C(=O)C(N)C(=O)O.CCOC(=O)Cl. The van der Waals surface area contributed by atoms with Gasteiger partial charge in [0.15, 0.2) is 11.8 Å². The number of carbonyl (C=O) groups excluding carboxylic acids is 2. The molecule has 0 aliphatic heterocycles. The minimum atomic E-state index is -1.36. The molecule has 0 amide bonds. The van der Waals surface area contributed by atoms with Crippen molar-refractivity contribution in [2.45, 2.75) is 26.8 Å². The molecule has 0 fully saturated rings. The zero-order chi connectivity index (χ0) is 13.3. The van der Waals surface area contributed by atoms with Crippen LogP contribution < -0.4 is 5.73 Å². The van der Waals surface area contributed by atoms with Crippen LogP contribution in [0.4, 0.5) is 4.79 Å². The van der Waals surface area contributed by atoms with Crippen LogP contribution in [0.3, 0.4) is 0 Å². The number of hydrogen-bond acceptors (Lipinski definition) is 5. The third-order valence-corrected chi connectivity index (χ3v) is 1.51. The van der Waals surface area contributed by atoms with Crippen molar-refractivity contribution in [1.82, 2.24) is 0 Å². The van der Waals surface area contributed by atoms with E-state index in [1.165, 1.54) is 0 Å². The molecule has 1 unspecified atom stereocenters. The molecule has 0 aliphatic carbocycles. The molecule has 0 saturated carbocycles. The van der Waals surface area contributed by atoms with Gasteiger partial charge in [-0.2, -0.15) is 0 Å². The molecule has 3 N–H and O–H groups in total. The molecule has 0 radical (unpaired) electrons. The fourth-order valence-corrected chi connectivity index (χ4v) is 0.703. The van der Waals surface area contributed by atoms with Gasteiger partial charge in [0.2, 0.25) is 0 Å². The maximum atomic E-state index is 10.8. The first-order valence-corrected chi connectivity index (χ1v) is 4.96. The summed E-state index contributed by atoms with van der Waals surface area (Å²) in [5.41, 5.74) is 4.27. The van der Waals surface area contributed by atoms with Crippen molar-refractivity contribution in [2.75, 3.05) is 6.61 Å². The van der Waals surface area contributed by atoms with Gasteiger partial charge in [0.1, 0.15) is 0 Å². The normalized spacial score (nSPS) is 11.1. The number of aliphatic carboxylic acids is 1. The summed E-state index contributed by atoms with van der Waals surface area (Å²) in [5, 5.41) is 8.26. The first-order chi connectivity index (χ1) is 7.23. The van der Waals surface area contributed by atoms with E-state index in [-0.39, 0.29) is 5.92 Å². The van der Waals surface area contributed by atoms with E-state index in [9.17, 15) is 14.4 Å². The van der Waals surface area contributed by atoms with Gasteiger partial charge in [-0.3, -0.25) is 9.59 Å². The molecule has 0 spiro atoms. The van der Waals surface area contributed by atoms with Gasteiger partial charge in [0.25, 0.3) is 0 Å². The number of rotatable bonds is 4. The highest BCUT2D eigenvalue weighted by Gasteiger charge is 2.22. The van der Waals surface area contributed by atoms with Crippen LogP contribution in [0.2, 0.25) is 0 Å². The monoisotopic (exact) mass is 253 g/mol. The van der Waals surface area contributed by atoms with Gasteiger partial charge in [0, 0.05) is 17.5 Å². The van der Waals surface area contributed by atoms with Crippen LogP contribution in [0.5, 0.6) is 0 Å². The quantitative estimate of drug-likeness (QED) is 0.572. The summed E-state index contributed by atoms with van der Waals surface area (Å²) in [6.45, 7) is 5.28. The smallest absolute Gasteiger partial charge is 0.403 e. The molecule has 7 heteroatoms. The Labute approximate surface area is 98.7 Å². The lowest BCUT2D eigenvalue weighted by molar-refractivity contribution is -0.143. The molecular weight excluding hydrogens is 238 g/mol. The molecule has 0 saturated heterocycles. The maximum absolute atomic E-state index is 10.8. The second-order valence-electron chi connectivity index (χ2n) is 3.04. The molecule has 1 atom stereocenters. The first kappa shape index (κ1) is 17.3. The van der Waals surface area contributed by atoms with E-state index in [0.29, 0.717) is 6.61 Å². The van der Waals surface area contributed by atoms with E-state index in [1.54, 1.807) is 20.8 Å². The number of hydrogen-bond donors (Lipinski definition) is 2. The standard InChI is InChI=1S/C6H11NO3.C3H5ClO2/c1-3(2)5(8)4(7)6(9)10;1-2-6-3(4)5/h3-4H,7H2,1-2H3,(H,9,10);2H2,1H3. The van der Waals surface area contributed by atoms with Crippen molar-refractivity contribution in [1.29, 1.82) is 0 Å². The summed E-state index contributed by atoms with van der Waals surface area (Å²) in [6, 6.07) is -1.36. The van der Waals surface area contributed by atoms with Crippen molar-refractivity contribution in [3.8, 4) is 0 Å². The van der Waals surface area contributed by atoms with Gasteiger partial charge in [0.05, 0.1) is 6.61 Å². The van der Waals surface area contributed by atoms with E-state index < -0.39 is 23.2 Å². The molecule has 0 aromatic rings. The van der Waals surface area contributed by atoms with Crippen molar-refractivity contribution in [3.63, 3.8) is 0 Å². The van der Waals surface area contributed by atoms with E-state index in [4.69, 9.17) is 22.4 Å². The van der Waals surface area contributed by atoms with Crippen LogP contribution in [0, 0.1) is 5.92 Å².